The van der Waals surface area contributed by atoms with E-state index in [0.717, 1.165) is 61.4 Å². The van der Waals surface area contributed by atoms with Crippen LogP contribution >= 0.6 is 0 Å². The Bertz CT molecular complexity index is 3240. The second-order valence-electron chi connectivity index (χ2n) is 14.6. The zero-order valence-electron chi connectivity index (χ0n) is 31.1. The van der Waals surface area contributed by atoms with E-state index in [1.807, 2.05) is 0 Å². The number of nitrogens with zero attached hydrogens (tertiary/aromatic N) is 2. The van der Waals surface area contributed by atoms with E-state index in [1.165, 1.54) is 38.1 Å². The molecule has 0 N–H and O–H groups in total. The number of furan rings is 1. The molecule has 0 aliphatic carbocycles. The number of anilines is 6. The lowest BCUT2D eigenvalue weighted by molar-refractivity contribution is 0.669. The highest BCUT2D eigenvalue weighted by atomic mass is 16.3. The maximum absolute atomic E-state index is 6.99. The highest BCUT2D eigenvalue weighted by molar-refractivity contribution is 6.15. The van der Waals surface area contributed by atoms with Gasteiger partial charge in [-0.1, -0.05) is 140 Å². The van der Waals surface area contributed by atoms with Gasteiger partial charge in [0.2, 0.25) is 0 Å². The molecule has 0 amide bonds. The van der Waals surface area contributed by atoms with Crippen molar-refractivity contribution in [3.05, 3.63) is 218 Å². The van der Waals surface area contributed by atoms with Gasteiger partial charge in [0.05, 0.1) is 5.69 Å². The van der Waals surface area contributed by atoms with Gasteiger partial charge < -0.3 is 14.2 Å². The molecule has 57 heavy (non-hydrogen) atoms. The Balaban J connectivity index is 1.18. The molecule has 0 radical (unpaired) electrons. The summed E-state index contributed by atoms with van der Waals surface area (Å²) in [6, 6.07) is 78.2. The topological polar surface area (TPSA) is 19.6 Å². The van der Waals surface area contributed by atoms with Crippen LogP contribution in [0.15, 0.2) is 223 Å². The minimum absolute atomic E-state index is 0.834. The summed E-state index contributed by atoms with van der Waals surface area (Å²) in [6.07, 6.45) is 0. The van der Waals surface area contributed by atoms with Crippen LogP contribution in [0.3, 0.4) is 0 Å². The van der Waals surface area contributed by atoms with Gasteiger partial charge in [-0.3, -0.25) is 0 Å². The third kappa shape index (κ3) is 5.85. The molecule has 0 aliphatic rings. The smallest absolute Gasteiger partial charge is 0.159 e. The van der Waals surface area contributed by atoms with Gasteiger partial charge >= 0.3 is 0 Å². The van der Waals surface area contributed by atoms with Crippen molar-refractivity contribution < 1.29 is 4.42 Å². The minimum Gasteiger partial charge on any atom is -0.454 e. The van der Waals surface area contributed by atoms with Crippen LogP contribution < -0.4 is 9.80 Å². The molecular formula is C54H36N2O. The summed E-state index contributed by atoms with van der Waals surface area (Å²) in [6.45, 7) is 0. The molecule has 0 bridgehead atoms. The van der Waals surface area contributed by atoms with Gasteiger partial charge in [-0.25, -0.2) is 0 Å². The van der Waals surface area contributed by atoms with Gasteiger partial charge in [-0.15, -0.1) is 0 Å². The molecule has 11 aromatic rings. The lowest BCUT2D eigenvalue weighted by atomic mass is 10.0. The van der Waals surface area contributed by atoms with Gasteiger partial charge in [0.1, 0.15) is 5.58 Å². The van der Waals surface area contributed by atoms with Gasteiger partial charge in [0.15, 0.2) is 5.58 Å². The molecule has 3 heteroatoms. The van der Waals surface area contributed by atoms with Crippen molar-refractivity contribution in [2.45, 2.75) is 0 Å². The van der Waals surface area contributed by atoms with Gasteiger partial charge in [0.25, 0.3) is 0 Å². The molecule has 0 aliphatic heterocycles. The number of benzene rings is 10. The first kappa shape index (κ1) is 32.8. The first-order valence-electron chi connectivity index (χ1n) is 19.4. The average Bonchev–Trinajstić information content (AvgIpc) is 3.64. The summed E-state index contributed by atoms with van der Waals surface area (Å²) < 4.78 is 6.99. The second kappa shape index (κ2) is 13.6. The Kier molecular flexibility index (Phi) is 7.82. The van der Waals surface area contributed by atoms with E-state index in [0.29, 0.717) is 0 Å². The fraction of sp³-hybridized carbons (Fsp3) is 0. The van der Waals surface area contributed by atoms with E-state index >= 15 is 0 Å². The lowest BCUT2D eigenvalue weighted by Crippen LogP contribution is -2.13. The summed E-state index contributed by atoms with van der Waals surface area (Å²) in [7, 11) is 0. The van der Waals surface area contributed by atoms with Crippen molar-refractivity contribution in [3.8, 4) is 11.1 Å². The monoisotopic (exact) mass is 728 g/mol. The molecule has 268 valence electrons. The van der Waals surface area contributed by atoms with E-state index in [1.54, 1.807) is 0 Å². The normalized spacial score (nSPS) is 11.5. The van der Waals surface area contributed by atoms with Crippen LogP contribution in [0.25, 0.3) is 65.4 Å². The third-order valence-electron chi connectivity index (χ3n) is 11.1. The molecule has 1 aromatic heterocycles. The zero-order valence-corrected chi connectivity index (χ0v) is 31.1. The van der Waals surface area contributed by atoms with Crippen molar-refractivity contribution in [1.82, 2.24) is 0 Å². The molecule has 0 fully saturated rings. The molecule has 11 rings (SSSR count). The highest BCUT2D eigenvalue weighted by Crippen LogP contribution is 2.48. The van der Waals surface area contributed by atoms with Crippen molar-refractivity contribution in [2.24, 2.45) is 0 Å². The Morgan fingerprint density at radius 3 is 1.49 bits per heavy atom. The largest absolute Gasteiger partial charge is 0.454 e. The van der Waals surface area contributed by atoms with Crippen LogP contribution in [0.5, 0.6) is 0 Å². The standard InChI is InChI=1S/C54H36N2O/c1-4-14-37(15-5-1)42-24-25-44-32-47(29-27-43(44)30-42)55(45-20-6-2-7-21-45)49-35-51-50-33-40-18-12-13-19-41(40)34-53(50)57-54(51)52(36-49)56(46-22-8-3-9-23-46)48-28-26-38-16-10-11-17-39(38)31-48/h1-36H. The maximum Gasteiger partial charge on any atom is 0.159 e. The Morgan fingerprint density at radius 2 is 0.789 bits per heavy atom. The first-order valence-corrected chi connectivity index (χ1v) is 19.4. The quantitative estimate of drug-likeness (QED) is 0.163. The summed E-state index contributed by atoms with van der Waals surface area (Å²) in [5.74, 6) is 0. The van der Waals surface area contributed by atoms with Crippen molar-refractivity contribution in [2.75, 3.05) is 9.80 Å². The van der Waals surface area contributed by atoms with E-state index in [9.17, 15) is 0 Å². The van der Waals surface area contributed by atoms with E-state index in [2.05, 4.69) is 228 Å². The van der Waals surface area contributed by atoms with E-state index in [-0.39, 0.29) is 0 Å². The summed E-state index contributed by atoms with van der Waals surface area (Å²) in [4.78, 5) is 4.71. The summed E-state index contributed by atoms with van der Waals surface area (Å²) in [5.41, 5.74) is 10.3. The van der Waals surface area contributed by atoms with Crippen molar-refractivity contribution in [3.63, 3.8) is 0 Å². The Morgan fingerprint density at radius 1 is 0.281 bits per heavy atom. The number of fused-ring (bicyclic) bond motifs is 6. The van der Waals surface area contributed by atoms with Gasteiger partial charge in [0, 0.05) is 39.2 Å². The fourth-order valence-electron chi connectivity index (χ4n) is 8.35. The number of hydrogen-bond donors (Lipinski definition) is 0. The molecule has 1 heterocycles. The van der Waals surface area contributed by atoms with E-state index in [4.69, 9.17) is 4.42 Å². The SMILES string of the molecule is c1ccc(-c2ccc3cc(N(c4ccccc4)c4cc(N(c5ccccc5)c5ccc6ccccc6c5)c5oc6cc7ccccc7cc6c5c4)ccc3c2)cc1. The van der Waals surface area contributed by atoms with Crippen LogP contribution in [0, 0.1) is 0 Å². The summed E-state index contributed by atoms with van der Waals surface area (Å²) >= 11 is 0. The molecule has 0 saturated carbocycles. The van der Waals surface area contributed by atoms with Crippen LogP contribution in [0.1, 0.15) is 0 Å². The maximum atomic E-state index is 6.99. The molecule has 0 saturated heterocycles. The van der Waals surface area contributed by atoms with Crippen LogP contribution in [0.4, 0.5) is 34.1 Å². The van der Waals surface area contributed by atoms with Crippen LogP contribution in [-0.2, 0) is 0 Å². The van der Waals surface area contributed by atoms with Crippen molar-refractivity contribution in [1.29, 1.82) is 0 Å². The summed E-state index contributed by atoms with van der Waals surface area (Å²) in [5, 5.41) is 9.22. The van der Waals surface area contributed by atoms with E-state index < -0.39 is 0 Å². The third-order valence-corrected chi connectivity index (χ3v) is 11.1. The number of para-hydroxylation sites is 2. The van der Waals surface area contributed by atoms with Crippen molar-refractivity contribution >= 4 is 88.4 Å². The molecule has 0 spiro atoms. The molecule has 3 nitrogen and oxygen atoms in total. The number of hydrogen-bond acceptors (Lipinski definition) is 3. The highest BCUT2D eigenvalue weighted by Gasteiger charge is 2.24. The van der Waals surface area contributed by atoms with Crippen LogP contribution in [-0.4, -0.2) is 0 Å². The Labute approximate surface area is 330 Å². The fourth-order valence-corrected chi connectivity index (χ4v) is 8.35. The second-order valence-corrected chi connectivity index (χ2v) is 14.6. The molecule has 0 atom stereocenters. The van der Waals surface area contributed by atoms with Gasteiger partial charge in [-0.05, 0) is 122 Å². The minimum atomic E-state index is 0.834. The van der Waals surface area contributed by atoms with Crippen LogP contribution in [0.2, 0.25) is 0 Å². The predicted octanol–water partition coefficient (Wildman–Crippen LogP) is 15.7. The van der Waals surface area contributed by atoms with Gasteiger partial charge in [-0.2, -0.15) is 0 Å². The molecule has 10 aromatic carbocycles. The zero-order chi connectivity index (χ0) is 37.7. The number of rotatable bonds is 7. The Hall–Kier alpha value is -7.62. The lowest BCUT2D eigenvalue weighted by Gasteiger charge is -2.30. The molecular weight excluding hydrogens is 693 g/mol. The molecule has 0 unspecified atom stereocenters. The predicted molar refractivity (Wildman–Crippen MR) is 241 cm³/mol. The first-order chi connectivity index (χ1) is 28.2. The average molecular weight is 729 g/mol.